The van der Waals surface area contributed by atoms with Gasteiger partial charge in [-0.3, -0.25) is 0 Å². The smallest absolute Gasteiger partial charge is 0.341 e. The molecule has 0 saturated heterocycles. The molecule has 2 rings (SSSR count). The summed E-state index contributed by atoms with van der Waals surface area (Å²) in [6.07, 6.45) is 0. The summed E-state index contributed by atoms with van der Waals surface area (Å²) < 4.78 is 5.06. The Morgan fingerprint density at radius 2 is 1.95 bits per heavy atom. The predicted molar refractivity (Wildman–Crippen MR) is 74.4 cm³/mol. The highest BCUT2D eigenvalue weighted by molar-refractivity contribution is 6.32. The van der Waals surface area contributed by atoms with E-state index < -0.39 is 12.6 Å². The number of halogens is 1. The molecule has 98 valence electrons. The van der Waals surface area contributed by atoms with Crippen LogP contribution >= 0.6 is 11.6 Å². The summed E-state index contributed by atoms with van der Waals surface area (Å²) in [6.45, 7) is -0.419. The molecule has 3 N–H and O–H groups in total. The zero-order valence-electron chi connectivity index (χ0n) is 9.97. The van der Waals surface area contributed by atoms with E-state index >= 15 is 0 Å². The van der Waals surface area contributed by atoms with Crippen LogP contribution in [0.25, 0.3) is 11.1 Å². The number of nitrogens with two attached hydrogens (primary N) is 1. The monoisotopic (exact) mass is 277 g/mol. The molecule has 0 aliphatic rings. The molecule has 5 heteroatoms. The number of carboxylic acid groups (broad SMARTS) is 1. The van der Waals surface area contributed by atoms with Crippen LogP contribution in [0.5, 0.6) is 5.75 Å². The van der Waals surface area contributed by atoms with Crippen LogP contribution in [0.1, 0.15) is 0 Å². The van der Waals surface area contributed by atoms with Crippen LogP contribution in [0.15, 0.2) is 42.5 Å². The first-order valence-corrected chi connectivity index (χ1v) is 5.94. The Morgan fingerprint density at radius 3 is 2.58 bits per heavy atom. The van der Waals surface area contributed by atoms with Crippen molar-refractivity contribution in [3.05, 3.63) is 47.5 Å². The molecule has 0 spiro atoms. The summed E-state index contributed by atoms with van der Waals surface area (Å²) in [6, 6.07) is 12.6. The first-order valence-electron chi connectivity index (χ1n) is 5.56. The molecule has 0 aliphatic carbocycles. The van der Waals surface area contributed by atoms with Gasteiger partial charge in [0.15, 0.2) is 6.61 Å². The van der Waals surface area contributed by atoms with E-state index in [1.807, 2.05) is 18.2 Å². The van der Waals surface area contributed by atoms with Gasteiger partial charge in [-0.15, -0.1) is 0 Å². The lowest BCUT2D eigenvalue weighted by Gasteiger charge is -2.08. The number of carbonyl (C=O) groups is 1. The molecule has 2 aromatic rings. The van der Waals surface area contributed by atoms with Crippen molar-refractivity contribution in [3.63, 3.8) is 0 Å². The van der Waals surface area contributed by atoms with Gasteiger partial charge in [0.05, 0.1) is 5.02 Å². The Labute approximate surface area is 115 Å². The summed E-state index contributed by atoms with van der Waals surface area (Å²) >= 11 is 6.05. The van der Waals surface area contributed by atoms with Crippen LogP contribution in [-0.4, -0.2) is 17.7 Å². The number of benzene rings is 2. The van der Waals surface area contributed by atoms with Crippen molar-refractivity contribution in [1.29, 1.82) is 0 Å². The van der Waals surface area contributed by atoms with Crippen molar-refractivity contribution >= 4 is 23.3 Å². The number of aliphatic carboxylic acids is 1. The summed E-state index contributed by atoms with van der Waals surface area (Å²) in [5.41, 5.74) is 8.21. The average molecular weight is 278 g/mol. The standard InChI is InChI=1S/C14H12ClNO3/c15-12-7-10(9-2-1-3-11(16)6-9)4-5-13(12)19-8-14(17)18/h1-7H,8,16H2,(H,17,18). The largest absolute Gasteiger partial charge is 0.480 e. The first kappa shape index (κ1) is 13.2. The number of hydrogen-bond donors (Lipinski definition) is 2. The summed E-state index contributed by atoms with van der Waals surface area (Å²) in [5, 5.41) is 8.91. The molecule has 0 fully saturated rings. The van der Waals surface area contributed by atoms with Crippen LogP contribution < -0.4 is 10.5 Å². The highest BCUT2D eigenvalue weighted by Crippen LogP contribution is 2.30. The highest BCUT2D eigenvalue weighted by atomic mass is 35.5. The second-order valence-corrected chi connectivity index (χ2v) is 4.36. The fourth-order valence-corrected chi connectivity index (χ4v) is 1.89. The Hall–Kier alpha value is -2.20. The van der Waals surface area contributed by atoms with Gasteiger partial charge in [0.1, 0.15) is 5.75 Å². The van der Waals surface area contributed by atoms with E-state index in [1.54, 1.807) is 24.3 Å². The predicted octanol–water partition coefficient (Wildman–Crippen LogP) is 3.05. The lowest BCUT2D eigenvalue weighted by Crippen LogP contribution is -2.09. The first-order chi connectivity index (χ1) is 9.06. The number of hydrogen-bond acceptors (Lipinski definition) is 3. The second-order valence-electron chi connectivity index (χ2n) is 3.95. The van der Waals surface area contributed by atoms with Gasteiger partial charge >= 0.3 is 5.97 Å². The van der Waals surface area contributed by atoms with Crippen LogP contribution in [0.4, 0.5) is 5.69 Å². The SMILES string of the molecule is Nc1cccc(-c2ccc(OCC(=O)O)c(Cl)c2)c1. The van der Waals surface area contributed by atoms with Gasteiger partial charge in [0.25, 0.3) is 0 Å². The molecular formula is C14H12ClNO3. The van der Waals surface area contributed by atoms with Gasteiger partial charge in [-0.2, -0.15) is 0 Å². The molecule has 19 heavy (non-hydrogen) atoms. The minimum atomic E-state index is -1.05. The molecule has 2 aromatic carbocycles. The number of ether oxygens (including phenoxy) is 1. The van der Waals surface area contributed by atoms with E-state index in [0.29, 0.717) is 16.5 Å². The third kappa shape index (κ3) is 3.39. The fraction of sp³-hybridized carbons (Fsp3) is 0.0714. The van der Waals surface area contributed by atoms with Crippen LogP contribution in [0, 0.1) is 0 Å². The minimum Gasteiger partial charge on any atom is -0.480 e. The van der Waals surface area contributed by atoms with Crippen molar-refractivity contribution in [2.24, 2.45) is 0 Å². The summed E-state index contributed by atoms with van der Waals surface area (Å²) in [7, 11) is 0. The van der Waals surface area contributed by atoms with Crippen molar-refractivity contribution in [3.8, 4) is 16.9 Å². The number of nitrogen functional groups attached to an aromatic ring is 1. The maximum Gasteiger partial charge on any atom is 0.341 e. The Bertz CT molecular complexity index is 613. The van der Waals surface area contributed by atoms with Crippen molar-refractivity contribution in [1.82, 2.24) is 0 Å². The molecular weight excluding hydrogens is 266 g/mol. The van der Waals surface area contributed by atoms with E-state index in [0.717, 1.165) is 11.1 Å². The molecule has 0 aliphatic heterocycles. The van der Waals surface area contributed by atoms with Crippen LogP contribution in [0.3, 0.4) is 0 Å². The van der Waals surface area contributed by atoms with Crippen LogP contribution in [-0.2, 0) is 4.79 Å². The van der Waals surface area contributed by atoms with Crippen LogP contribution in [0.2, 0.25) is 5.02 Å². The van der Waals surface area contributed by atoms with Gasteiger partial charge in [0.2, 0.25) is 0 Å². The molecule has 0 atom stereocenters. The van der Waals surface area contributed by atoms with Gasteiger partial charge in [-0.05, 0) is 35.4 Å². The molecule has 0 bridgehead atoms. The van der Waals surface area contributed by atoms with Crippen molar-refractivity contribution < 1.29 is 14.6 Å². The molecule has 4 nitrogen and oxygen atoms in total. The number of anilines is 1. The van der Waals surface area contributed by atoms with E-state index in [2.05, 4.69) is 0 Å². The molecule has 0 heterocycles. The highest BCUT2D eigenvalue weighted by Gasteiger charge is 2.06. The van der Waals surface area contributed by atoms with E-state index in [4.69, 9.17) is 27.2 Å². The zero-order chi connectivity index (χ0) is 13.8. The average Bonchev–Trinajstić information content (AvgIpc) is 2.37. The zero-order valence-corrected chi connectivity index (χ0v) is 10.7. The van der Waals surface area contributed by atoms with E-state index in [1.165, 1.54) is 0 Å². The van der Waals surface area contributed by atoms with Gasteiger partial charge in [0, 0.05) is 5.69 Å². The maximum absolute atomic E-state index is 10.4. The van der Waals surface area contributed by atoms with E-state index in [-0.39, 0.29) is 0 Å². The minimum absolute atomic E-state index is 0.344. The molecule has 0 saturated carbocycles. The van der Waals surface area contributed by atoms with Gasteiger partial charge in [-0.25, -0.2) is 4.79 Å². The lowest BCUT2D eigenvalue weighted by molar-refractivity contribution is -0.139. The Kier molecular flexibility index (Phi) is 3.92. The number of carboxylic acids is 1. The van der Waals surface area contributed by atoms with Crippen molar-refractivity contribution in [2.45, 2.75) is 0 Å². The van der Waals surface area contributed by atoms with Gasteiger partial charge < -0.3 is 15.6 Å². The third-order valence-corrected chi connectivity index (χ3v) is 2.80. The topological polar surface area (TPSA) is 72.5 Å². The summed E-state index contributed by atoms with van der Waals surface area (Å²) in [4.78, 5) is 10.4. The third-order valence-electron chi connectivity index (χ3n) is 2.50. The quantitative estimate of drug-likeness (QED) is 0.843. The molecule has 0 unspecified atom stereocenters. The Balaban J connectivity index is 2.26. The molecule has 0 aromatic heterocycles. The van der Waals surface area contributed by atoms with Crippen molar-refractivity contribution in [2.75, 3.05) is 12.3 Å². The Morgan fingerprint density at radius 1 is 1.21 bits per heavy atom. The normalized spacial score (nSPS) is 10.2. The van der Waals surface area contributed by atoms with Gasteiger partial charge in [-0.1, -0.05) is 29.8 Å². The fourth-order valence-electron chi connectivity index (χ4n) is 1.66. The maximum atomic E-state index is 10.4. The van der Waals surface area contributed by atoms with E-state index in [9.17, 15) is 4.79 Å². The lowest BCUT2D eigenvalue weighted by atomic mass is 10.1. The number of rotatable bonds is 4. The second kappa shape index (κ2) is 5.63. The molecule has 0 radical (unpaired) electrons. The molecule has 0 amide bonds. The summed E-state index contributed by atoms with van der Waals surface area (Å²) in [5.74, 6) is -0.701.